The normalized spacial score (nSPS) is 29.8. The Balaban J connectivity index is 2.03. The number of hydrogen-bond acceptors (Lipinski definition) is 5. The molecule has 0 N–H and O–H groups in total. The van der Waals surface area contributed by atoms with E-state index >= 15 is 0 Å². The summed E-state index contributed by atoms with van der Waals surface area (Å²) in [4.78, 5) is 24.7. The third-order valence-electron chi connectivity index (χ3n) is 6.33. The van der Waals surface area contributed by atoms with Crippen molar-refractivity contribution in [1.29, 1.82) is 0 Å². The number of benzene rings is 1. The molecule has 1 saturated heterocycles. The zero-order chi connectivity index (χ0) is 21.6. The van der Waals surface area contributed by atoms with Crippen LogP contribution in [0.2, 0.25) is 0 Å². The molecule has 3 rings (SSSR count). The van der Waals surface area contributed by atoms with Crippen molar-refractivity contribution >= 4 is 11.9 Å². The Morgan fingerprint density at radius 1 is 1.14 bits per heavy atom. The van der Waals surface area contributed by atoms with Crippen LogP contribution in [0.1, 0.15) is 37.3 Å². The van der Waals surface area contributed by atoms with Gasteiger partial charge in [0.05, 0.1) is 32.5 Å². The first-order chi connectivity index (χ1) is 13.5. The first-order valence-electron chi connectivity index (χ1n) is 9.13. The molecule has 0 saturated carbocycles. The lowest BCUT2D eigenvalue weighted by Gasteiger charge is -2.38. The minimum atomic E-state index is -4.47. The summed E-state index contributed by atoms with van der Waals surface area (Å²) < 4.78 is 54.5. The number of fused-ring (bicyclic) bond motifs is 1. The van der Waals surface area contributed by atoms with Gasteiger partial charge in [0.15, 0.2) is 0 Å². The van der Waals surface area contributed by atoms with Gasteiger partial charge in [0.1, 0.15) is 5.92 Å². The molecule has 158 valence electrons. The fourth-order valence-corrected chi connectivity index (χ4v) is 4.42. The smallest absolute Gasteiger partial charge is 0.416 e. The third kappa shape index (κ3) is 3.43. The van der Waals surface area contributed by atoms with Crippen molar-refractivity contribution in [3.05, 3.63) is 47.0 Å². The average molecular weight is 412 g/mol. The van der Waals surface area contributed by atoms with Gasteiger partial charge in [-0.15, -0.1) is 0 Å². The van der Waals surface area contributed by atoms with Crippen LogP contribution in [0.4, 0.5) is 13.2 Å². The van der Waals surface area contributed by atoms with E-state index < -0.39 is 46.5 Å². The highest BCUT2D eigenvalue weighted by Crippen LogP contribution is 2.61. The van der Waals surface area contributed by atoms with E-state index in [0.717, 1.165) is 12.1 Å². The monoisotopic (exact) mass is 412 g/mol. The molecule has 1 aromatic carbocycles. The number of ether oxygens (including phenoxy) is 3. The average Bonchev–Trinajstić information content (AvgIpc) is 3.08. The Labute approximate surface area is 166 Å². The fourth-order valence-electron chi connectivity index (χ4n) is 4.42. The lowest BCUT2D eigenvalue weighted by atomic mass is 9.64. The molecule has 0 bridgehead atoms. The molecule has 8 heteroatoms. The van der Waals surface area contributed by atoms with E-state index in [1.165, 1.54) is 26.4 Å². The second kappa shape index (κ2) is 7.16. The van der Waals surface area contributed by atoms with Crippen LogP contribution in [0.5, 0.6) is 0 Å². The van der Waals surface area contributed by atoms with Crippen molar-refractivity contribution < 1.29 is 37.0 Å². The number of halogens is 3. The van der Waals surface area contributed by atoms with Crippen LogP contribution in [0.3, 0.4) is 0 Å². The molecular weight excluding hydrogens is 389 g/mol. The zero-order valence-corrected chi connectivity index (χ0v) is 16.6. The van der Waals surface area contributed by atoms with Gasteiger partial charge in [0.25, 0.3) is 0 Å². The van der Waals surface area contributed by atoms with Crippen molar-refractivity contribution in [3.63, 3.8) is 0 Å². The molecule has 1 aromatic rings. The van der Waals surface area contributed by atoms with Gasteiger partial charge in [-0.05, 0) is 24.1 Å². The van der Waals surface area contributed by atoms with Crippen LogP contribution in [0.25, 0.3) is 0 Å². The molecule has 5 nitrogen and oxygen atoms in total. The molecule has 1 aliphatic carbocycles. The maximum absolute atomic E-state index is 12.9. The highest BCUT2D eigenvalue weighted by atomic mass is 19.4. The predicted octanol–water partition coefficient (Wildman–Crippen LogP) is 3.88. The van der Waals surface area contributed by atoms with Gasteiger partial charge in [0.2, 0.25) is 0 Å². The summed E-state index contributed by atoms with van der Waals surface area (Å²) in [6, 6.07) is 4.41. The second-order valence-electron chi connectivity index (χ2n) is 8.03. The van der Waals surface area contributed by atoms with E-state index in [2.05, 4.69) is 0 Å². The van der Waals surface area contributed by atoms with Crippen molar-refractivity contribution in [2.45, 2.75) is 38.5 Å². The number of alkyl halides is 3. The van der Waals surface area contributed by atoms with Gasteiger partial charge < -0.3 is 14.2 Å². The Hall–Kier alpha value is -2.35. The Morgan fingerprint density at radius 3 is 2.28 bits per heavy atom. The number of rotatable bonds is 4. The predicted molar refractivity (Wildman–Crippen MR) is 96.9 cm³/mol. The van der Waals surface area contributed by atoms with E-state index in [9.17, 15) is 22.8 Å². The zero-order valence-electron chi connectivity index (χ0n) is 16.6. The minimum absolute atomic E-state index is 0.291. The van der Waals surface area contributed by atoms with E-state index in [0.29, 0.717) is 24.2 Å². The lowest BCUT2D eigenvalue weighted by molar-refractivity contribution is -0.147. The summed E-state index contributed by atoms with van der Waals surface area (Å²) in [5, 5.41) is 0. The largest absolute Gasteiger partial charge is 0.468 e. The summed E-state index contributed by atoms with van der Waals surface area (Å²) in [5.41, 5.74) is -1.11. The maximum atomic E-state index is 12.9. The molecule has 1 aliphatic heterocycles. The van der Waals surface area contributed by atoms with Gasteiger partial charge in [-0.2, -0.15) is 13.2 Å². The summed E-state index contributed by atoms with van der Waals surface area (Å²) in [5.74, 6) is -1.99. The SMILES string of the molecule is COC(=O)C1=C[C@@]2(C)[C@@H](C(C(=O)OC)c3ccc(C(F)(F)F)cc3)OC[C@@]2(C)C1. The van der Waals surface area contributed by atoms with Crippen molar-refractivity contribution in [3.8, 4) is 0 Å². The summed E-state index contributed by atoms with van der Waals surface area (Å²) >= 11 is 0. The standard InChI is InChI=1S/C21H23F3O5/c1-19-9-13(17(25)27-3)10-20(19,2)16(29-11-19)15(18(26)28-4)12-5-7-14(8-6-12)21(22,23)24/h5-8,10,15-16H,9,11H2,1-4H3/t15?,16-,19-,20+/m1/s1. The van der Waals surface area contributed by atoms with E-state index in [-0.39, 0.29) is 0 Å². The molecule has 1 unspecified atom stereocenters. The molecular formula is C21H23F3O5. The van der Waals surface area contributed by atoms with Crippen LogP contribution in [-0.2, 0) is 30.0 Å². The third-order valence-corrected chi connectivity index (χ3v) is 6.33. The lowest BCUT2D eigenvalue weighted by Crippen LogP contribution is -2.41. The minimum Gasteiger partial charge on any atom is -0.468 e. The first-order valence-corrected chi connectivity index (χ1v) is 9.13. The Morgan fingerprint density at radius 2 is 1.76 bits per heavy atom. The number of carbonyl (C=O) groups is 2. The summed E-state index contributed by atoms with van der Waals surface area (Å²) in [7, 11) is 2.52. The first kappa shape index (κ1) is 21.4. The molecule has 4 atom stereocenters. The van der Waals surface area contributed by atoms with Crippen LogP contribution in [0.15, 0.2) is 35.9 Å². The second-order valence-corrected chi connectivity index (χ2v) is 8.03. The van der Waals surface area contributed by atoms with Crippen LogP contribution < -0.4 is 0 Å². The number of hydrogen-bond donors (Lipinski definition) is 0. The molecule has 0 radical (unpaired) electrons. The molecule has 1 heterocycles. The number of methoxy groups -OCH3 is 2. The highest BCUT2D eigenvalue weighted by molar-refractivity contribution is 5.89. The van der Waals surface area contributed by atoms with E-state index in [1.807, 2.05) is 13.8 Å². The van der Waals surface area contributed by atoms with Crippen molar-refractivity contribution in [2.24, 2.45) is 10.8 Å². The van der Waals surface area contributed by atoms with E-state index in [1.54, 1.807) is 6.08 Å². The van der Waals surface area contributed by atoms with Crippen LogP contribution in [-0.4, -0.2) is 38.9 Å². The van der Waals surface area contributed by atoms with Crippen LogP contribution >= 0.6 is 0 Å². The van der Waals surface area contributed by atoms with Crippen LogP contribution in [0, 0.1) is 10.8 Å². The Kier molecular flexibility index (Phi) is 5.28. The topological polar surface area (TPSA) is 61.8 Å². The summed E-state index contributed by atoms with van der Waals surface area (Å²) in [6.45, 7) is 4.14. The molecule has 29 heavy (non-hydrogen) atoms. The maximum Gasteiger partial charge on any atom is 0.416 e. The molecule has 0 aromatic heterocycles. The van der Waals surface area contributed by atoms with Crippen molar-refractivity contribution in [2.75, 3.05) is 20.8 Å². The molecule has 0 amide bonds. The van der Waals surface area contributed by atoms with Gasteiger partial charge in [0, 0.05) is 16.4 Å². The Bertz CT molecular complexity index is 845. The molecule has 2 aliphatic rings. The quantitative estimate of drug-likeness (QED) is 0.703. The van der Waals surface area contributed by atoms with Gasteiger partial charge >= 0.3 is 18.1 Å². The number of carbonyl (C=O) groups excluding carboxylic acids is 2. The van der Waals surface area contributed by atoms with Gasteiger partial charge in [-0.1, -0.05) is 32.1 Å². The molecule has 0 spiro atoms. The van der Waals surface area contributed by atoms with Gasteiger partial charge in [-0.25, -0.2) is 4.79 Å². The van der Waals surface area contributed by atoms with E-state index in [4.69, 9.17) is 14.2 Å². The van der Waals surface area contributed by atoms with Gasteiger partial charge in [-0.3, -0.25) is 4.79 Å². The van der Waals surface area contributed by atoms with Crippen molar-refractivity contribution in [1.82, 2.24) is 0 Å². The fraction of sp³-hybridized carbons (Fsp3) is 0.524. The highest BCUT2D eigenvalue weighted by Gasteiger charge is 2.62. The summed E-state index contributed by atoms with van der Waals surface area (Å²) in [6.07, 6.45) is -2.99. The number of esters is 2. The molecule has 1 fully saturated rings.